The molecule has 6 nitrogen and oxygen atoms in total. The maximum absolute atomic E-state index is 11.4. The summed E-state index contributed by atoms with van der Waals surface area (Å²) in [6.45, 7) is 1.60. The van der Waals surface area contributed by atoms with Gasteiger partial charge in [0.2, 0.25) is 5.91 Å². The van der Waals surface area contributed by atoms with Crippen LogP contribution >= 0.6 is 0 Å². The van der Waals surface area contributed by atoms with Gasteiger partial charge in [-0.25, -0.2) is 0 Å². The summed E-state index contributed by atoms with van der Waals surface area (Å²) >= 11 is 0. The molecule has 1 aromatic rings. The van der Waals surface area contributed by atoms with E-state index in [1.807, 2.05) is 43.3 Å². The third-order valence-corrected chi connectivity index (χ3v) is 2.78. The summed E-state index contributed by atoms with van der Waals surface area (Å²) in [5.41, 5.74) is 0.819. The molecule has 0 aliphatic heterocycles. The van der Waals surface area contributed by atoms with Gasteiger partial charge in [0.05, 0.1) is 13.2 Å². The molecule has 0 aliphatic carbocycles. The van der Waals surface area contributed by atoms with Gasteiger partial charge in [-0.2, -0.15) is 5.26 Å². The molecule has 0 unspecified atom stereocenters. The normalized spacial score (nSPS) is 10.0. The Labute approximate surface area is 125 Å². The van der Waals surface area contributed by atoms with Crippen molar-refractivity contribution in [2.75, 3.05) is 34.4 Å². The molecule has 1 amide bonds. The highest BCUT2D eigenvalue weighted by Crippen LogP contribution is 2.31. The second-order valence-corrected chi connectivity index (χ2v) is 4.71. The molecule has 114 valence electrons. The molecule has 21 heavy (non-hydrogen) atoms. The summed E-state index contributed by atoms with van der Waals surface area (Å²) < 4.78 is 11.1. The van der Waals surface area contributed by atoms with E-state index in [-0.39, 0.29) is 12.3 Å². The average Bonchev–Trinajstić information content (AvgIpc) is 2.45. The zero-order valence-electron chi connectivity index (χ0n) is 12.7. The second kappa shape index (κ2) is 8.82. The van der Waals surface area contributed by atoms with Crippen molar-refractivity contribution >= 4 is 5.91 Å². The Morgan fingerprint density at radius 2 is 2.19 bits per heavy atom. The molecule has 0 spiro atoms. The van der Waals surface area contributed by atoms with Crippen molar-refractivity contribution in [1.82, 2.24) is 10.2 Å². The number of ether oxygens (including phenoxy) is 2. The maximum atomic E-state index is 11.4. The largest absolute Gasteiger partial charge is 0.493 e. The lowest BCUT2D eigenvalue weighted by atomic mass is 10.2. The van der Waals surface area contributed by atoms with Crippen LogP contribution in [-0.4, -0.2) is 45.2 Å². The van der Waals surface area contributed by atoms with Crippen LogP contribution in [0, 0.1) is 11.3 Å². The van der Waals surface area contributed by atoms with Crippen LogP contribution in [0.2, 0.25) is 0 Å². The van der Waals surface area contributed by atoms with Crippen molar-refractivity contribution in [3.8, 4) is 17.6 Å². The minimum absolute atomic E-state index is 0.152. The zero-order chi connectivity index (χ0) is 15.7. The number of carbonyl (C=O) groups is 1. The predicted octanol–water partition coefficient (Wildman–Crippen LogP) is 1.17. The van der Waals surface area contributed by atoms with Crippen LogP contribution in [0.1, 0.15) is 12.0 Å². The monoisotopic (exact) mass is 291 g/mol. The number of rotatable bonds is 8. The van der Waals surface area contributed by atoms with E-state index in [2.05, 4.69) is 5.32 Å². The second-order valence-electron chi connectivity index (χ2n) is 4.71. The van der Waals surface area contributed by atoms with Crippen LogP contribution < -0.4 is 14.8 Å². The Morgan fingerprint density at radius 3 is 2.81 bits per heavy atom. The SMILES string of the molecule is COc1cccc(CNC(=O)CC#N)c1OCCN(C)C. The fraction of sp³-hybridized carbons (Fsp3) is 0.467. The fourth-order valence-electron chi connectivity index (χ4n) is 1.68. The van der Waals surface area contributed by atoms with Crippen molar-refractivity contribution in [2.45, 2.75) is 13.0 Å². The molecule has 0 radical (unpaired) electrons. The number of benzene rings is 1. The van der Waals surface area contributed by atoms with E-state index in [9.17, 15) is 4.79 Å². The zero-order valence-corrected chi connectivity index (χ0v) is 12.7. The maximum Gasteiger partial charge on any atom is 0.234 e. The van der Waals surface area contributed by atoms with Crippen LogP contribution in [0.5, 0.6) is 11.5 Å². The molecule has 1 rings (SSSR count). The van der Waals surface area contributed by atoms with Gasteiger partial charge in [0, 0.05) is 18.7 Å². The van der Waals surface area contributed by atoms with Crippen LogP contribution in [0.25, 0.3) is 0 Å². The van der Waals surface area contributed by atoms with E-state index < -0.39 is 0 Å². The number of nitrogens with one attached hydrogen (secondary N) is 1. The summed E-state index contributed by atoms with van der Waals surface area (Å²) in [6, 6.07) is 7.32. The summed E-state index contributed by atoms with van der Waals surface area (Å²) in [7, 11) is 5.51. The molecular weight excluding hydrogens is 270 g/mol. The van der Waals surface area contributed by atoms with Gasteiger partial charge in [-0.1, -0.05) is 12.1 Å². The number of carbonyl (C=O) groups excluding carboxylic acids is 1. The highest BCUT2D eigenvalue weighted by Gasteiger charge is 2.11. The lowest BCUT2D eigenvalue weighted by molar-refractivity contribution is -0.120. The van der Waals surface area contributed by atoms with Crippen molar-refractivity contribution in [3.05, 3.63) is 23.8 Å². The van der Waals surface area contributed by atoms with Gasteiger partial charge in [-0.3, -0.25) is 4.79 Å². The summed E-state index contributed by atoms with van der Waals surface area (Å²) in [5.74, 6) is 0.944. The summed E-state index contributed by atoms with van der Waals surface area (Å²) in [6.07, 6.45) is -0.152. The molecule has 0 atom stereocenters. The number of methoxy groups -OCH3 is 1. The molecule has 0 saturated carbocycles. The number of hydrogen-bond acceptors (Lipinski definition) is 5. The standard InChI is InChI=1S/C15H21N3O3/c1-18(2)9-10-21-15-12(5-4-6-13(15)20-3)11-17-14(19)7-8-16/h4-6H,7,9-11H2,1-3H3,(H,17,19). The number of hydrogen-bond donors (Lipinski definition) is 1. The first kappa shape index (κ1) is 16.8. The van der Waals surface area contributed by atoms with Gasteiger partial charge in [-0.05, 0) is 20.2 Å². The van der Waals surface area contributed by atoms with Gasteiger partial charge in [0.1, 0.15) is 13.0 Å². The first-order valence-corrected chi connectivity index (χ1v) is 6.65. The summed E-state index contributed by atoms with van der Waals surface area (Å²) in [5, 5.41) is 11.2. The number of likely N-dealkylation sites (N-methyl/N-ethyl adjacent to an activating group) is 1. The van der Waals surface area contributed by atoms with Gasteiger partial charge in [0.15, 0.2) is 11.5 Å². The van der Waals surface area contributed by atoms with Crippen molar-refractivity contribution < 1.29 is 14.3 Å². The van der Waals surface area contributed by atoms with E-state index >= 15 is 0 Å². The average molecular weight is 291 g/mol. The number of nitriles is 1. The lowest BCUT2D eigenvalue weighted by Crippen LogP contribution is -2.23. The molecule has 0 saturated heterocycles. The minimum Gasteiger partial charge on any atom is -0.493 e. The van der Waals surface area contributed by atoms with Crippen LogP contribution in [-0.2, 0) is 11.3 Å². The Bertz CT molecular complexity index is 509. The lowest BCUT2D eigenvalue weighted by Gasteiger charge is -2.17. The van der Waals surface area contributed by atoms with Crippen molar-refractivity contribution in [2.24, 2.45) is 0 Å². The van der Waals surface area contributed by atoms with Crippen LogP contribution in [0.15, 0.2) is 18.2 Å². The fourth-order valence-corrected chi connectivity index (χ4v) is 1.68. The van der Waals surface area contributed by atoms with E-state index in [4.69, 9.17) is 14.7 Å². The molecule has 1 N–H and O–H groups in total. The predicted molar refractivity (Wildman–Crippen MR) is 79.1 cm³/mol. The Kier molecular flexibility index (Phi) is 7.05. The molecule has 0 bridgehead atoms. The molecular formula is C15H21N3O3. The Morgan fingerprint density at radius 1 is 1.43 bits per heavy atom. The van der Waals surface area contributed by atoms with Gasteiger partial charge in [0.25, 0.3) is 0 Å². The van der Waals surface area contributed by atoms with Gasteiger partial charge >= 0.3 is 0 Å². The smallest absolute Gasteiger partial charge is 0.234 e. The molecule has 0 heterocycles. The van der Waals surface area contributed by atoms with Crippen LogP contribution in [0.3, 0.4) is 0 Å². The number of nitrogens with zero attached hydrogens (tertiary/aromatic N) is 2. The molecule has 1 aromatic carbocycles. The molecule has 6 heteroatoms. The van der Waals surface area contributed by atoms with E-state index in [0.29, 0.717) is 24.7 Å². The van der Waals surface area contributed by atoms with Crippen molar-refractivity contribution in [1.29, 1.82) is 5.26 Å². The first-order chi connectivity index (χ1) is 10.1. The van der Waals surface area contributed by atoms with Gasteiger partial charge < -0.3 is 19.7 Å². The third kappa shape index (κ3) is 5.71. The molecule has 0 fully saturated rings. The van der Waals surface area contributed by atoms with E-state index in [1.54, 1.807) is 7.11 Å². The summed E-state index contributed by atoms with van der Waals surface area (Å²) in [4.78, 5) is 13.4. The van der Waals surface area contributed by atoms with E-state index in [0.717, 1.165) is 12.1 Å². The van der Waals surface area contributed by atoms with E-state index in [1.165, 1.54) is 0 Å². The third-order valence-electron chi connectivity index (χ3n) is 2.78. The van der Waals surface area contributed by atoms with Crippen molar-refractivity contribution in [3.63, 3.8) is 0 Å². The number of amides is 1. The number of para-hydroxylation sites is 1. The van der Waals surface area contributed by atoms with Gasteiger partial charge in [-0.15, -0.1) is 0 Å². The first-order valence-electron chi connectivity index (χ1n) is 6.65. The van der Waals surface area contributed by atoms with Crippen LogP contribution in [0.4, 0.5) is 0 Å². The quantitative estimate of drug-likeness (QED) is 0.778. The molecule has 0 aromatic heterocycles. The molecule has 0 aliphatic rings. The topological polar surface area (TPSA) is 74.6 Å². The Hall–Kier alpha value is -2.26. The highest BCUT2D eigenvalue weighted by molar-refractivity contribution is 5.78. The Balaban J connectivity index is 2.77. The highest BCUT2D eigenvalue weighted by atomic mass is 16.5. The minimum atomic E-state index is -0.306.